The minimum Gasteiger partial charge on any atom is -0.486 e. The van der Waals surface area contributed by atoms with Crippen molar-refractivity contribution in [1.82, 2.24) is 10.2 Å². The van der Waals surface area contributed by atoms with Crippen LogP contribution in [0.3, 0.4) is 0 Å². The van der Waals surface area contributed by atoms with Gasteiger partial charge in [-0.25, -0.2) is 0 Å². The molecule has 2 heterocycles. The van der Waals surface area contributed by atoms with Crippen LogP contribution in [0.1, 0.15) is 25.3 Å². The highest BCUT2D eigenvalue weighted by atomic mass is 16.6. The van der Waals surface area contributed by atoms with E-state index in [1.54, 1.807) is 4.90 Å². The Balaban J connectivity index is 1.73. The lowest BCUT2D eigenvalue weighted by Crippen LogP contribution is -2.47. The zero-order chi connectivity index (χ0) is 16.2. The fourth-order valence-corrected chi connectivity index (χ4v) is 3.05. The molecule has 6 heteroatoms. The molecule has 1 N–H and O–H groups in total. The Morgan fingerprint density at radius 1 is 1.30 bits per heavy atom. The molecule has 6 nitrogen and oxygen atoms in total. The summed E-state index contributed by atoms with van der Waals surface area (Å²) in [7, 11) is 0. The molecule has 124 valence electrons. The first-order valence-corrected chi connectivity index (χ1v) is 8.14. The maximum Gasteiger partial charge on any atom is 0.242 e. The molecule has 1 saturated heterocycles. The predicted molar refractivity (Wildman–Crippen MR) is 84.6 cm³/mol. The summed E-state index contributed by atoms with van der Waals surface area (Å²) in [6.45, 7) is 4.24. The lowest BCUT2D eigenvalue weighted by atomic mass is 10.1. The Kier molecular flexibility index (Phi) is 4.69. The first-order valence-electron chi connectivity index (χ1n) is 8.14. The summed E-state index contributed by atoms with van der Waals surface area (Å²) in [4.78, 5) is 26.4. The lowest BCUT2D eigenvalue weighted by molar-refractivity contribution is -0.139. The molecule has 0 bridgehead atoms. The minimum atomic E-state index is -0.373. The fourth-order valence-electron chi connectivity index (χ4n) is 3.05. The summed E-state index contributed by atoms with van der Waals surface area (Å²) in [6.07, 6.45) is 1.67. The number of fused-ring (bicyclic) bond motifs is 1. The van der Waals surface area contributed by atoms with Crippen LogP contribution in [0, 0.1) is 0 Å². The first kappa shape index (κ1) is 15.6. The molecule has 23 heavy (non-hydrogen) atoms. The highest BCUT2D eigenvalue weighted by Crippen LogP contribution is 2.31. The fraction of sp³-hybridized carbons (Fsp3) is 0.529. The number of hydrogen-bond acceptors (Lipinski definition) is 4. The second-order valence-corrected chi connectivity index (χ2v) is 5.81. The molecule has 0 aromatic heterocycles. The maximum atomic E-state index is 12.7. The topological polar surface area (TPSA) is 67.9 Å². The second-order valence-electron chi connectivity index (χ2n) is 5.81. The van der Waals surface area contributed by atoms with Crippen LogP contribution in [-0.2, 0) is 16.0 Å². The third-order valence-electron chi connectivity index (χ3n) is 4.22. The van der Waals surface area contributed by atoms with Crippen LogP contribution in [0.2, 0.25) is 0 Å². The number of amides is 2. The average molecular weight is 318 g/mol. The molecule has 0 saturated carbocycles. The van der Waals surface area contributed by atoms with Crippen molar-refractivity contribution in [1.29, 1.82) is 0 Å². The summed E-state index contributed by atoms with van der Waals surface area (Å²) in [5, 5.41) is 2.87. The highest BCUT2D eigenvalue weighted by Gasteiger charge is 2.30. The van der Waals surface area contributed by atoms with E-state index in [0.717, 1.165) is 12.0 Å². The molecule has 0 spiro atoms. The molecule has 2 amide bonds. The van der Waals surface area contributed by atoms with Crippen molar-refractivity contribution in [3.05, 3.63) is 23.8 Å². The van der Waals surface area contributed by atoms with Gasteiger partial charge in [-0.3, -0.25) is 9.59 Å². The molecule has 1 aromatic rings. The number of hydrogen-bond donors (Lipinski definition) is 1. The van der Waals surface area contributed by atoms with Crippen molar-refractivity contribution in [2.45, 2.75) is 32.2 Å². The van der Waals surface area contributed by atoms with Crippen molar-refractivity contribution >= 4 is 11.8 Å². The lowest BCUT2D eigenvalue weighted by Gasteiger charge is -2.28. The van der Waals surface area contributed by atoms with E-state index >= 15 is 0 Å². The van der Waals surface area contributed by atoms with Gasteiger partial charge in [-0.05, 0) is 30.5 Å². The van der Waals surface area contributed by atoms with Gasteiger partial charge < -0.3 is 19.7 Å². The Hall–Kier alpha value is -2.24. The van der Waals surface area contributed by atoms with Crippen LogP contribution in [0.25, 0.3) is 0 Å². The van der Waals surface area contributed by atoms with Gasteiger partial charge in [0.25, 0.3) is 0 Å². The van der Waals surface area contributed by atoms with E-state index in [9.17, 15) is 9.59 Å². The molecule has 1 aromatic carbocycles. The average Bonchev–Trinajstić information content (AvgIpc) is 2.76. The molecular formula is C17H22N2O4. The molecule has 1 atom stereocenters. The van der Waals surface area contributed by atoms with Crippen LogP contribution < -0.4 is 14.8 Å². The van der Waals surface area contributed by atoms with E-state index in [-0.39, 0.29) is 24.3 Å². The normalized spacial score (nSPS) is 20.7. The summed E-state index contributed by atoms with van der Waals surface area (Å²) in [6, 6.07) is 5.20. The van der Waals surface area contributed by atoms with Crippen molar-refractivity contribution < 1.29 is 19.1 Å². The zero-order valence-electron chi connectivity index (χ0n) is 13.3. The summed E-state index contributed by atoms with van der Waals surface area (Å²) in [5.74, 6) is 1.32. The molecule has 2 aliphatic heterocycles. The van der Waals surface area contributed by atoms with Gasteiger partial charge in [0, 0.05) is 13.1 Å². The third kappa shape index (κ3) is 3.41. The minimum absolute atomic E-state index is 0.0226. The number of benzene rings is 1. The van der Waals surface area contributed by atoms with Gasteiger partial charge in [0.15, 0.2) is 11.5 Å². The standard InChI is InChI=1S/C17H22N2O4/c1-2-13-17(21)18-6-3-7-19(13)16(20)11-12-4-5-14-15(10-12)23-9-8-22-14/h4-5,10,13H,2-3,6-9,11H2,1H3,(H,18,21)/t13-/m0/s1. The van der Waals surface area contributed by atoms with Crippen LogP contribution in [0.5, 0.6) is 11.5 Å². The summed E-state index contributed by atoms with van der Waals surface area (Å²) < 4.78 is 11.0. The highest BCUT2D eigenvalue weighted by molar-refractivity contribution is 5.88. The van der Waals surface area contributed by atoms with Gasteiger partial charge in [-0.15, -0.1) is 0 Å². The number of ether oxygens (including phenoxy) is 2. The molecule has 1 fully saturated rings. The van der Waals surface area contributed by atoms with Crippen molar-refractivity contribution in [2.75, 3.05) is 26.3 Å². The van der Waals surface area contributed by atoms with E-state index in [1.165, 1.54) is 0 Å². The largest absolute Gasteiger partial charge is 0.486 e. The van der Waals surface area contributed by atoms with Gasteiger partial charge in [0.05, 0.1) is 6.42 Å². The molecule has 0 radical (unpaired) electrons. The number of carbonyl (C=O) groups is 2. The van der Waals surface area contributed by atoms with Gasteiger partial charge in [0.2, 0.25) is 11.8 Å². The Morgan fingerprint density at radius 3 is 2.87 bits per heavy atom. The van der Waals surface area contributed by atoms with Gasteiger partial charge in [-0.2, -0.15) is 0 Å². The molecular weight excluding hydrogens is 296 g/mol. The molecule has 0 aliphatic carbocycles. The van der Waals surface area contributed by atoms with E-state index in [4.69, 9.17) is 9.47 Å². The van der Waals surface area contributed by atoms with E-state index < -0.39 is 0 Å². The zero-order valence-corrected chi connectivity index (χ0v) is 13.3. The summed E-state index contributed by atoms with van der Waals surface area (Å²) >= 11 is 0. The van der Waals surface area contributed by atoms with E-state index in [0.29, 0.717) is 44.2 Å². The Morgan fingerprint density at radius 2 is 2.09 bits per heavy atom. The Labute approximate surface area is 135 Å². The molecule has 3 rings (SSSR count). The predicted octanol–water partition coefficient (Wildman–Crippen LogP) is 1.13. The van der Waals surface area contributed by atoms with Crippen molar-refractivity contribution in [2.24, 2.45) is 0 Å². The second kappa shape index (κ2) is 6.89. The number of nitrogens with zero attached hydrogens (tertiary/aromatic N) is 1. The number of carbonyl (C=O) groups excluding carboxylic acids is 2. The Bertz CT molecular complexity index is 602. The van der Waals surface area contributed by atoms with Crippen molar-refractivity contribution in [3.63, 3.8) is 0 Å². The van der Waals surface area contributed by atoms with Crippen LogP contribution in [-0.4, -0.2) is 49.1 Å². The van der Waals surface area contributed by atoms with Crippen molar-refractivity contribution in [3.8, 4) is 11.5 Å². The molecule has 0 unspecified atom stereocenters. The monoisotopic (exact) mass is 318 g/mol. The van der Waals surface area contributed by atoms with Gasteiger partial charge in [-0.1, -0.05) is 13.0 Å². The first-order chi connectivity index (χ1) is 11.2. The SMILES string of the molecule is CC[C@H]1C(=O)NCCCN1C(=O)Cc1ccc2c(c1)OCCO2. The van der Waals surface area contributed by atoms with Gasteiger partial charge >= 0.3 is 0 Å². The quantitative estimate of drug-likeness (QED) is 0.907. The van der Waals surface area contributed by atoms with Crippen LogP contribution >= 0.6 is 0 Å². The number of rotatable bonds is 3. The third-order valence-corrected chi connectivity index (χ3v) is 4.22. The van der Waals surface area contributed by atoms with Gasteiger partial charge in [0.1, 0.15) is 19.3 Å². The maximum absolute atomic E-state index is 12.7. The smallest absolute Gasteiger partial charge is 0.242 e. The van der Waals surface area contributed by atoms with Crippen LogP contribution in [0.15, 0.2) is 18.2 Å². The van der Waals surface area contributed by atoms with Crippen LogP contribution in [0.4, 0.5) is 0 Å². The van der Waals surface area contributed by atoms with E-state index in [1.807, 2.05) is 25.1 Å². The molecule has 2 aliphatic rings. The number of nitrogens with one attached hydrogen (secondary N) is 1. The van der Waals surface area contributed by atoms with E-state index in [2.05, 4.69) is 5.32 Å². The summed E-state index contributed by atoms with van der Waals surface area (Å²) in [5.41, 5.74) is 0.874.